The molecule has 2 aromatic carbocycles. The van der Waals surface area contributed by atoms with Crippen molar-refractivity contribution in [3.05, 3.63) is 54.6 Å². The molecule has 1 aliphatic carbocycles. The normalized spacial score (nSPS) is 20.0. The maximum atomic E-state index is 12.8. The second-order valence-electron chi connectivity index (χ2n) is 6.93. The molecule has 3 N–H and O–H groups in total. The van der Waals surface area contributed by atoms with Crippen molar-refractivity contribution in [1.82, 2.24) is 9.97 Å². The molecule has 1 aliphatic rings. The van der Waals surface area contributed by atoms with Gasteiger partial charge in [-0.05, 0) is 37.1 Å². The molecule has 0 unspecified atom stereocenters. The van der Waals surface area contributed by atoms with E-state index in [1.807, 2.05) is 18.2 Å². The van der Waals surface area contributed by atoms with Gasteiger partial charge in [-0.25, -0.2) is 18.4 Å². The minimum Gasteiger partial charge on any atom is -0.391 e. The number of hydrogen-bond acceptors (Lipinski definition) is 6. The molecule has 2 atom stereocenters. The summed E-state index contributed by atoms with van der Waals surface area (Å²) in [7, 11) is -3.81. The number of nitrogens with one attached hydrogen (secondary N) is 2. The summed E-state index contributed by atoms with van der Waals surface area (Å²) in [5.41, 5.74) is 1.24. The lowest BCUT2D eigenvalue weighted by molar-refractivity contribution is 0.116. The molecule has 1 heterocycles. The van der Waals surface area contributed by atoms with Gasteiger partial charge in [0.2, 0.25) is 0 Å². The van der Waals surface area contributed by atoms with E-state index in [0.29, 0.717) is 23.3 Å². The van der Waals surface area contributed by atoms with E-state index in [9.17, 15) is 13.5 Å². The van der Waals surface area contributed by atoms with Crippen LogP contribution in [0.5, 0.6) is 0 Å². The van der Waals surface area contributed by atoms with E-state index in [4.69, 9.17) is 0 Å². The standard InChI is InChI=1S/C20H22N4O3S/c25-18-13-7-6-12-17(18)23-19-20(22-16-11-5-4-10-15(16)21-19)24-28(26,27)14-8-2-1-3-9-14/h1-5,8-11,17-18,25H,6-7,12-13H2,(H,21,23)(H,22,24)/t17-,18-/m0/s1. The van der Waals surface area contributed by atoms with Crippen LogP contribution in [0, 0.1) is 0 Å². The Bertz CT molecular complexity index is 1070. The molecule has 3 aromatic rings. The minimum atomic E-state index is -3.81. The molecular formula is C20H22N4O3S. The Morgan fingerprint density at radius 2 is 1.46 bits per heavy atom. The Labute approximate surface area is 163 Å². The van der Waals surface area contributed by atoms with Gasteiger partial charge in [-0.3, -0.25) is 4.72 Å². The summed E-state index contributed by atoms with van der Waals surface area (Å²) >= 11 is 0. The third-order valence-electron chi connectivity index (χ3n) is 4.91. The minimum absolute atomic E-state index is 0.125. The van der Waals surface area contributed by atoms with Gasteiger partial charge >= 0.3 is 0 Å². The summed E-state index contributed by atoms with van der Waals surface area (Å²) in [6.07, 6.45) is 2.99. The van der Waals surface area contributed by atoms with Gasteiger partial charge in [0, 0.05) is 0 Å². The molecule has 0 amide bonds. The van der Waals surface area contributed by atoms with Gasteiger partial charge in [0.15, 0.2) is 11.6 Å². The molecule has 0 saturated heterocycles. The van der Waals surface area contributed by atoms with Crippen LogP contribution < -0.4 is 10.0 Å². The second kappa shape index (κ2) is 7.73. The second-order valence-corrected chi connectivity index (χ2v) is 8.61. The zero-order chi connectivity index (χ0) is 19.6. The fourth-order valence-corrected chi connectivity index (χ4v) is 4.44. The summed E-state index contributed by atoms with van der Waals surface area (Å²) < 4.78 is 28.1. The van der Waals surface area contributed by atoms with Crippen LogP contribution >= 0.6 is 0 Å². The van der Waals surface area contributed by atoms with E-state index < -0.39 is 16.1 Å². The SMILES string of the molecule is O=S(=O)(Nc1nc2ccccc2nc1N[C@H]1CCCC[C@@H]1O)c1ccccc1. The zero-order valence-electron chi connectivity index (χ0n) is 15.2. The first-order valence-electron chi connectivity index (χ1n) is 9.32. The van der Waals surface area contributed by atoms with Gasteiger partial charge in [-0.15, -0.1) is 0 Å². The van der Waals surface area contributed by atoms with E-state index in [1.165, 1.54) is 12.1 Å². The summed E-state index contributed by atoms with van der Waals surface area (Å²) in [6.45, 7) is 0. The third-order valence-corrected chi connectivity index (χ3v) is 6.26. The van der Waals surface area contributed by atoms with E-state index in [-0.39, 0.29) is 16.8 Å². The molecule has 28 heavy (non-hydrogen) atoms. The molecule has 0 aliphatic heterocycles. The molecule has 0 spiro atoms. The number of para-hydroxylation sites is 2. The first kappa shape index (κ1) is 18.6. The van der Waals surface area contributed by atoms with Crippen LogP contribution in [0.4, 0.5) is 11.6 Å². The topological polar surface area (TPSA) is 104 Å². The molecule has 1 aromatic heterocycles. The Balaban J connectivity index is 1.73. The average molecular weight is 398 g/mol. The highest BCUT2D eigenvalue weighted by molar-refractivity contribution is 7.92. The molecule has 146 valence electrons. The van der Waals surface area contributed by atoms with Crippen LogP contribution in [-0.2, 0) is 10.0 Å². The number of nitrogens with zero attached hydrogens (tertiary/aromatic N) is 2. The van der Waals surface area contributed by atoms with Crippen LogP contribution in [0.2, 0.25) is 0 Å². The average Bonchev–Trinajstić information content (AvgIpc) is 2.70. The monoisotopic (exact) mass is 398 g/mol. The molecule has 7 nitrogen and oxygen atoms in total. The summed E-state index contributed by atoms with van der Waals surface area (Å²) in [5.74, 6) is 0.449. The zero-order valence-corrected chi connectivity index (χ0v) is 16.1. The van der Waals surface area contributed by atoms with E-state index >= 15 is 0 Å². The van der Waals surface area contributed by atoms with Gasteiger partial charge in [0.05, 0.1) is 28.1 Å². The largest absolute Gasteiger partial charge is 0.391 e. The first-order valence-corrected chi connectivity index (χ1v) is 10.8. The lowest BCUT2D eigenvalue weighted by atomic mass is 9.92. The van der Waals surface area contributed by atoms with Crippen molar-refractivity contribution in [1.29, 1.82) is 0 Å². The Hall–Kier alpha value is -2.71. The number of aliphatic hydroxyl groups excluding tert-OH is 1. The predicted octanol–water partition coefficient (Wildman–Crippen LogP) is 3.15. The molecule has 1 saturated carbocycles. The van der Waals surface area contributed by atoms with E-state index in [2.05, 4.69) is 20.0 Å². The van der Waals surface area contributed by atoms with Gasteiger partial charge in [-0.1, -0.05) is 43.2 Å². The highest BCUT2D eigenvalue weighted by Gasteiger charge is 2.26. The van der Waals surface area contributed by atoms with Crippen molar-refractivity contribution in [2.75, 3.05) is 10.0 Å². The number of anilines is 2. The van der Waals surface area contributed by atoms with Crippen molar-refractivity contribution in [2.24, 2.45) is 0 Å². The smallest absolute Gasteiger partial charge is 0.263 e. The van der Waals surface area contributed by atoms with Crippen molar-refractivity contribution >= 4 is 32.7 Å². The van der Waals surface area contributed by atoms with Gasteiger partial charge < -0.3 is 10.4 Å². The predicted molar refractivity (Wildman–Crippen MR) is 109 cm³/mol. The summed E-state index contributed by atoms with van der Waals surface area (Å²) in [5, 5.41) is 13.5. The van der Waals surface area contributed by atoms with Crippen molar-refractivity contribution in [3.8, 4) is 0 Å². The van der Waals surface area contributed by atoms with Crippen LogP contribution in [0.15, 0.2) is 59.5 Å². The highest BCUT2D eigenvalue weighted by Crippen LogP contribution is 2.28. The summed E-state index contributed by atoms with van der Waals surface area (Å²) in [4.78, 5) is 9.20. The van der Waals surface area contributed by atoms with Gasteiger partial charge in [0.1, 0.15) is 0 Å². The summed E-state index contributed by atoms with van der Waals surface area (Å²) in [6, 6.07) is 15.2. The van der Waals surface area contributed by atoms with Crippen molar-refractivity contribution < 1.29 is 13.5 Å². The molecule has 1 fully saturated rings. The van der Waals surface area contributed by atoms with Crippen molar-refractivity contribution in [3.63, 3.8) is 0 Å². The molecule has 0 bridgehead atoms. The fourth-order valence-electron chi connectivity index (χ4n) is 3.41. The Morgan fingerprint density at radius 1 is 0.857 bits per heavy atom. The quantitative estimate of drug-likeness (QED) is 0.610. The number of fused-ring (bicyclic) bond motifs is 1. The van der Waals surface area contributed by atoms with Gasteiger partial charge in [-0.2, -0.15) is 0 Å². The molecule has 4 rings (SSSR count). The maximum Gasteiger partial charge on any atom is 0.263 e. The van der Waals surface area contributed by atoms with Gasteiger partial charge in [0.25, 0.3) is 10.0 Å². The number of rotatable bonds is 5. The van der Waals surface area contributed by atoms with Crippen LogP contribution in [0.1, 0.15) is 25.7 Å². The van der Waals surface area contributed by atoms with Crippen LogP contribution in [-0.4, -0.2) is 35.6 Å². The van der Waals surface area contributed by atoms with Crippen LogP contribution in [0.25, 0.3) is 11.0 Å². The number of aromatic nitrogens is 2. The number of hydrogen-bond donors (Lipinski definition) is 3. The molecule has 8 heteroatoms. The number of aliphatic hydroxyl groups is 1. The lowest BCUT2D eigenvalue weighted by Gasteiger charge is -2.29. The van der Waals surface area contributed by atoms with E-state index in [1.54, 1.807) is 24.3 Å². The highest BCUT2D eigenvalue weighted by atomic mass is 32.2. The van der Waals surface area contributed by atoms with E-state index in [0.717, 1.165) is 19.3 Å². The maximum absolute atomic E-state index is 12.8. The Kier molecular flexibility index (Phi) is 5.15. The lowest BCUT2D eigenvalue weighted by Crippen LogP contribution is -2.37. The Morgan fingerprint density at radius 3 is 2.14 bits per heavy atom. The first-order chi connectivity index (χ1) is 13.5. The fraction of sp³-hybridized carbons (Fsp3) is 0.300. The number of benzene rings is 2. The number of sulfonamides is 1. The third kappa shape index (κ3) is 3.93. The molecule has 0 radical (unpaired) electrons. The molecular weight excluding hydrogens is 376 g/mol. The van der Waals surface area contributed by atoms with Crippen LogP contribution in [0.3, 0.4) is 0 Å². The van der Waals surface area contributed by atoms with Crippen molar-refractivity contribution in [2.45, 2.75) is 42.7 Å².